The van der Waals surface area contributed by atoms with E-state index in [-0.39, 0.29) is 12.4 Å². The Morgan fingerprint density at radius 1 is 1.20 bits per heavy atom. The van der Waals surface area contributed by atoms with Gasteiger partial charge < -0.3 is 14.2 Å². The van der Waals surface area contributed by atoms with Crippen LogP contribution in [0.3, 0.4) is 0 Å². The number of hydrogen-bond donors (Lipinski definition) is 0. The van der Waals surface area contributed by atoms with Crippen molar-refractivity contribution in [3.05, 3.63) is 0 Å². The molecule has 3 unspecified atom stereocenters. The van der Waals surface area contributed by atoms with Crippen molar-refractivity contribution in [2.75, 3.05) is 13.2 Å². The normalized spacial score (nSPS) is 31.8. The van der Waals surface area contributed by atoms with Crippen molar-refractivity contribution in [2.24, 2.45) is 0 Å². The topological polar surface area (TPSA) is 27.7 Å². The molecule has 0 aromatic heterocycles. The maximum absolute atomic E-state index is 5.75. The van der Waals surface area contributed by atoms with Gasteiger partial charge in [0, 0.05) is 13.2 Å². The van der Waals surface area contributed by atoms with Crippen LogP contribution in [0.4, 0.5) is 0 Å². The highest BCUT2D eigenvalue weighted by atomic mass is 16.7. The zero-order valence-corrected chi connectivity index (χ0v) is 10.2. The third-order valence-electron chi connectivity index (χ3n) is 2.69. The van der Waals surface area contributed by atoms with Gasteiger partial charge in [-0.1, -0.05) is 13.3 Å². The molecular formula is C12H24O3. The average molecular weight is 216 g/mol. The van der Waals surface area contributed by atoms with Gasteiger partial charge >= 0.3 is 0 Å². The summed E-state index contributed by atoms with van der Waals surface area (Å²) >= 11 is 0. The van der Waals surface area contributed by atoms with E-state index >= 15 is 0 Å². The van der Waals surface area contributed by atoms with Gasteiger partial charge in [0.05, 0.1) is 6.10 Å². The van der Waals surface area contributed by atoms with Crippen LogP contribution in [0.1, 0.15) is 46.5 Å². The van der Waals surface area contributed by atoms with Crippen LogP contribution < -0.4 is 0 Å². The monoisotopic (exact) mass is 216 g/mol. The summed E-state index contributed by atoms with van der Waals surface area (Å²) in [6, 6.07) is 0. The molecule has 3 atom stereocenters. The maximum atomic E-state index is 5.75. The Labute approximate surface area is 93.1 Å². The lowest BCUT2D eigenvalue weighted by atomic mass is 10.1. The quantitative estimate of drug-likeness (QED) is 0.639. The smallest absolute Gasteiger partial charge is 0.183 e. The predicted molar refractivity (Wildman–Crippen MR) is 59.8 cm³/mol. The van der Waals surface area contributed by atoms with Gasteiger partial charge in [-0.3, -0.25) is 0 Å². The second kappa shape index (κ2) is 7.20. The molecule has 90 valence electrons. The Morgan fingerprint density at radius 3 is 2.67 bits per heavy atom. The molecule has 1 aliphatic rings. The average Bonchev–Trinajstić information content (AvgIpc) is 2.22. The summed E-state index contributed by atoms with van der Waals surface area (Å²) in [5.41, 5.74) is 0. The van der Waals surface area contributed by atoms with Gasteiger partial charge in [-0.15, -0.1) is 0 Å². The molecule has 0 aromatic rings. The maximum Gasteiger partial charge on any atom is 0.183 e. The molecule has 1 fully saturated rings. The Kier molecular flexibility index (Phi) is 6.22. The van der Waals surface area contributed by atoms with Gasteiger partial charge in [-0.2, -0.15) is 0 Å². The molecule has 1 heterocycles. The standard InChI is InChI=1S/C12H24O3/c1-4-6-9-14-12-11(13-5-2)8-7-10(3)15-12/h10-12H,4-9H2,1-3H3. The van der Waals surface area contributed by atoms with Crippen molar-refractivity contribution >= 4 is 0 Å². The molecule has 0 radical (unpaired) electrons. The lowest BCUT2D eigenvalue weighted by Gasteiger charge is -2.34. The Balaban J connectivity index is 2.32. The van der Waals surface area contributed by atoms with Crippen LogP contribution in [0.2, 0.25) is 0 Å². The number of hydrogen-bond acceptors (Lipinski definition) is 3. The van der Waals surface area contributed by atoms with E-state index in [0.717, 1.165) is 38.9 Å². The predicted octanol–water partition coefficient (Wildman–Crippen LogP) is 2.73. The minimum Gasteiger partial charge on any atom is -0.373 e. The highest BCUT2D eigenvalue weighted by Crippen LogP contribution is 2.23. The lowest BCUT2D eigenvalue weighted by Crippen LogP contribution is -2.41. The molecule has 0 N–H and O–H groups in total. The molecule has 1 saturated heterocycles. The van der Waals surface area contributed by atoms with Crippen molar-refractivity contribution in [1.29, 1.82) is 0 Å². The first-order chi connectivity index (χ1) is 7.27. The van der Waals surface area contributed by atoms with Gasteiger partial charge in [-0.25, -0.2) is 0 Å². The molecule has 0 saturated carbocycles. The van der Waals surface area contributed by atoms with Crippen LogP contribution in [-0.2, 0) is 14.2 Å². The molecule has 0 aromatic carbocycles. The van der Waals surface area contributed by atoms with E-state index in [1.165, 1.54) is 0 Å². The fourth-order valence-corrected chi connectivity index (χ4v) is 1.79. The second-order valence-corrected chi connectivity index (χ2v) is 4.11. The van der Waals surface area contributed by atoms with Crippen LogP contribution in [0.25, 0.3) is 0 Å². The van der Waals surface area contributed by atoms with Gasteiger partial charge in [0.15, 0.2) is 6.29 Å². The number of unbranched alkanes of at least 4 members (excludes halogenated alkanes) is 1. The summed E-state index contributed by atoms with van der Waals surface area (Å²) < 4.78 is 17.1. The summed E-state index contributed by atoms with van der Waals surface area (Å²) in [5, 5.41) is 0. The molecule has 0 amide bonds. The summed E-state index contributed by atoms with van der Waals surface area (Å²) in [6.07, 6.45) is 4.63. The Hall–Kier alpha value is -0.120. The fraction of sp³-hybridized carbons (Fsp3) is 1.00. The molecule has 0 spiro atoms. The summed E-state index contributed by atoms with van der Waals surface area (Å²) in [6.45, 7) is 7.78. The van der Waals surface area contributed by atoms with Gasteiger partial charge in [0.2, 0.25) is 0 Å². The van der Waals surface area contributed by atoms with Gasteiger partial charge in [-0.05, 0) is 33.1 Å². The molecule has 3 heteroatoms. The van der Waals surface area contributed by atoms with Crippen LogP contribution in [0.5, 0.6) is 0 Å². The van der Waals surface area contributed by atoms with E-state index in [0.29, 0.717) is 6.10 Å². The van der Waals surface area contributed by atoms with Crippen molar-refractivity contribution in [3.63, 3.8) is 0 Å². The van der Waals surface area contributed by atoms with E-state index in [1.807, 2.05) is 6.92 Å². The van der Waals surface area contributed by atoms with E-state index in [9.17, 15) is 0 Å². The van der Waals surface area contributed by atoms with Crippen LogP contribution in [-0.4, -0.2) is 31.7 Å². The molecular weight excluding hydrogens is 192 g/mol. The van der Waals surface area contributed by atoms with E-state index < -0.39 is 0 Å². The third-order valence-corrected chi connectivity index (χ3v) is 2.69. The highest BCUT2D eigenvalue weighted by Gasteiger charge is 2.30. The summed E-state index contributed by atoms with van der Waals surface area (Å²) in [7, 11) is 0. The molecule has 1 rings (SSSR count). The molecule has 0 bridgehead atoms. The minimum atomic E-state index is -0.153. The second-order valence-electron chi connectivity index (χ2n) is 4.11. The third kappa shape index (κ3) is 4.49. The highest BCUT2D eigenvalue weighted by molar-refractivity contribution is 4.72. The SMILES string of the molecule is CCCCOC1OC(C)CCC1OCC. The van der Waals surface area contributed by atoms with Crippen LogP contribution in [0.15, 0.2) is 0 Å². The van der Waals surface area contributed by atoms with Gasteiger partial charge in [0.25, 0.3) is 0 Å². The van der Waals surface area contributed by atoms with Crippen molar-refractivity contribution in [1.82, 2.24) is 0 Å². The first-order valence-corrected chi connectivity index (χ1v) is 6.16. The number of rotatable bonds is 6. The first-order valence-electron chi connectivity index (χ1n) is 6.16. The van der Waals surface area contributed by atoms with Crippen LogP contribution in [0, 0.1) is 0 Å². The largest absolute Gasteiger partial charge is 0.373 e. The zero-order valence-electron chi connectivity index (χ0n) is 10.2. The first kappa shape index (κ1) is 12.9. The van der Waals surface area contributed by atoms with Crippen molar-refractivity contribution < 1.29 is 14.2 Å². The Morgan fingerprint density at radius 2 is 2.00 bits per heavy atom. The number of ether oxygens (including phenoxy) is 3. The molecule has 15 heavy (non-hydrogen) atoms. The fourth-order valence-electron chi connectivity index (χ4n) is 1.79. The van der Waals surface area contributed by atoms with E-state index in [2.05, 4.69) is 13.8 Å². The molecule has 0 aliphatic carbocycles. The Bertz CT molecular complexity index is 161. The molecule has 1 aliphatic heterocycles. The van der Waals surface area contributed by atoms with Crippen molar-refractivity contribution in [2.45, 2.75) is 65.0 Å². The van der Waals surface area contributed by atoms with Crippen molar-refractivity contribution in [3.8, 4) is 0 Å². The summed E-state index contributed by atoms with van der Waals surface area (Å²) in [4.78, 5) is 0. The molecule has 3 nitrogen and oxygen atoms in total. The minimum absolute atomic E-state index is 0.128. The van der Waals surface area contributed by atoms with Crippen LogP contribution >= 0.6 is 0 Å². The lowest BCUT2D eigenvalue weighted by molar-refractivity contribution is -0.246. The summed E-state index contributed by atoms with van der Waals surface area (Å²) in [5.74, 6) is 0. The zero-order chi connectivity index (χ0) is 11.1. The van der Waals surface area contributed by atoms with Gasteiger partial charge in [0.1, 0.15) is 6.10 Å². The van der Waals surface area contributed by atoms with E-state index in [4.69, 9.17) is 14.2 Å². The van der Waals surface area contributed by atoms with E-state index in [1.54, 1.807) is 0 Å².